The average molecular weight is 325 g/mol. The smallest absolute Gasteiger partial charge is 0.336 e. The number of nitrogens with zero attached hydrogens (tertiary/aromatic N) is 1. The Bertz CT molecular complexity index is 807. The number of hydrogen-bond donors (Lipinski definition) is 0. The lowest BCUT2D eigenvalue weighted by atomic mass is 9.75. The topological polar surface area (TPSA) is 33.5 Å². The molecule has 3 heteroatoms. The highest BCUT2D eigenvalue weighted by Gasteiger charge is 2.31. The monoisotopic (exact) mass is 325 g/mol. The summed E-state index contributed by atoms with van der Waals surface area (Å²) in [7, 11) is 0. The van der Waals surface area contributed by atoms with Crippen LogP contribution in [0, 0.1) is 25.7 Å². The summed E-state index contributed by atoms with van der Waals surface area (Å²) in [4.78, 5) is 14.6. The minimum Gasteiger partial charge on any atom is -0.422 e. The van der Waals surface area contributed by atoms with Gasteiger partial charge in [-0.3, -0.25) is 4.90 Å². The van der Waals surface area contributed by atoms with Crippen LogP contribution in [0.4, 0.5) is 0 Å². The number of benzene rings is 1. The molecule has 1 aliphatic carbocycles. The second-order valence-corrected chi connectivity index (χ2v) is 7.80. The van der Waals surface area contributed by atoms with Gasteiger partial charge in [0.15, 0.2) is 0 Å². The van der Waals surface area contributed by atoms with Crippen molar-refractivity contribution in [2.75, 3.05) is 13.1 Å². The lowest BCUT2D eigenvalue weighted by Gasteiger charge is -2.41. The maximum Gasteiger partial charge on any atom is 0.336 e. The third kappa shape index (κ3) is 2.90. The summed E-state index contributed by atoms with van der Waals surface area (Å²) in [5, 5.41) is 1.10. The van der Waals surface area contributed by atoms with Gasteiger partial charge in [-0.05, 0) is 61.8 Å². The van der Waals surface area contributed by atoms with E-state index < -0.39 is 0 Å². The van der Waals surface area contributed by atoms with Crippen molar-refractivity contribution in [1.29, 1.82) is 0 Å². The molecule has 0 spiro atoms. The molecule has 1 saturated carbocycles. The number of fused-ring (bicyclic) bond motifs is 2. The van der Waals surface area contributed by atoms with E-state index in [2.05, 4.69) is 24.0 Å². The predicted molar refractivity (Wildman–Crippen MR) is 97.3 cm³/mol. The molecule has 2 aliphatic rings. The van der Waals surface area contributed by atoms with E-state index in [0.717, 1.165) is 47.0 Å². The summed E-state index contributed by atoms with van der Waals surface area (Å²) >= 11 is 0. The van der Waals surface area contributed by atoms with Crippen LogP contribution in [0.15, 0.2) is 27.4 Å². The maximum atomic E-state index is 12.1. The van der Waals surface area contributed by atoms with Gasteiger partial charge in [0.2, 0.25) is 0 Å². The summed E-state index contributed by atoms with van der Waals surface area (Å²) in [6.07, 6.45) is 6.95. The molecule has 1 aliphatic heterocycles. The number of rotatable bonds is 2. The molecule has 128 valence electrons. The van der Waals surface area contributed by atoms with Crippen molar-refractivity contribution >= 4 is 11.0 Å². The summed E-state index contributed by atoms with van der Waals surface area (Å²) in [5.41, 5.74) is 3.92. The highest BCUT2D eigenvalue weighted by Crippen LogP contribution is 2.36. The van der Waals surface area contributed by atoms with E-state index in [0.29, 0.717) is 0 Å². The van der Waals surface area contributed by atoms with E-state index in [4.69, 9.17) is 4.42 Å². The minimum absolute atomic E-state index is 0.223. The van der Waals surface area contributed by atoms with Gasteiger partial charge in [-0.15, -0.1) is 0 Å². The molecule has 2 atom stereocenters. The van der Waals surface area contributed by atoms with E-state index in [9.17, 15) is 4.79 Å². The fourth-order valence-electron chi connectivity index (χ4n) is 4.72. The van der Waals surface area contributed by atoms with Crippen LogP contribution < -0.4 is 5.63 Å². The van der Waals surface area contributed by atoms with Crippen LogP contribution >= 0.6 is 0 Å². The molecule has 4 rings (SSSR count). The zero-order chi connectivity index (χ0) is 16.7. The largest absolute Gasteiger partial charge is 0.422 e. The van der Waals surface area contributed by atoms with Gasteiger partial charge >= 0.3 is 5.63 Å². The van der Waals surface area contributed by atoms with E-state index >= 15 is 0 Å². The van der Waals surface area contributed by atoms with Crippen molar-refractivity contribution in [2.24, 2.45) is 11.8 Å². The van der Waals surface area contributed by atoms with Gasteiger partial charge in [0, 0.05) is 24.5 Å². The van der Waals surface area contributed by atoms with E-state index in [1.54, 1.807) is 6.07 Å². The number of likely N-dealkylation sites (tertiary alicyclic amines) is 1. The molecule has 24 heavy (non-hydrogen) atoms. The molecule has 2 aromatic rings. The minimum atomic E-state index is -0.223. The van der Waals surface area contributed by atoms with Crippen molar-refractivity contribution in [3.05, 3.63) is 45.3 Å². The Balaban J connectivity index is 1.63. The van der Waals surface area contributed by atoms with E-state index in [-0.39, 0.29) is 5.63 Å². The van der Waals surface area contributed by atoms with Crippen LogP contribution in [0.5, 0.6) is 0 Å². The van der Waals surface area contributed by atoms with Gasteiger partial charge in [0.1, 0.15) is 5.58 Å². The normalized spacial score (nSPS) is 24.9. The predicted octanol–water partition coefficient (Wildman–Crippen LogP) is 4.42. The molecule has 0 bridgehead atoms. The van der Waals surface area contributed by atoms with E-state index in [1.807, 2.05) is 6.92 Å². The molecule has 1 aromatic carbocycles. The molecular weight excluding hydrogens is 298 g/mol. The Kier molecular flexibility index (Phi) is 4.21. The van der Waals surface area contributed by atoms with Gasteiger partial charge in [0.25, 0.3) is 0 Å². The Labute approximate surface area is 143 Å². The quantitative estimate of drug-likeness (QED) is 0.766. The molecule has 2 fully saturated rings. The van der Waals surface area contributed by atoms with Crippen molar-refractivity contribution in [1.82, 2.24) is 4.90 Å². The third-order valence-corrected chi connectivity index (χ3v) is 6.29. The van der Waals surface area contributed by atoms with Crippen molar-refractivity contribution in [3.8, 4) is 0 Å². The first-order valence-corrected chi connectivity index (χ1v) is 9.37. The fraction of sp³-hybridized carbons (Fsp3) is 0.571. The molecule has 2 heterocycles. The second-order valence-electron chi connectivity index (χ2n) is 7.80. The fourth-order valence-corrected chi connectivity index (χ4v) is 4.72. The molecule has 0 N–H and O–H groups in total. The Morgan fingerprint density at radius 3 is 2.75 bits per heavy atom. The summed E-state index contributed by atoms with van der Waals surface area (Å²) < 4.78 is 5.51. The Hall–Kier alpha value is -1.61. The number of piperidine rings is 1. The lowest BCUT2D eigenvalue weighted by Crippen LogP contribution is -2.41. The molecule has 0 amide bonds. The first-order valence-electron chi connectivity index (χ1n) is 9.37. The lowest BCUT2D eigenvalue weighted by molar-refractivity contribution is 0.0822. The number of hydrogen-bond acceptors (Lipinski definition) is 3. The van der Waals surface area contributed by atoms with Gasteiger partial charge in [0.05, 0.1) is 0 Å². The van der Waals surface area contributed by atoms with Gasteiger partial charge < -0.3 is 4.42 Å². The molecule has 3 nitrogen and oxygen atoms in total. The van der Waals surface area contributed by atoms with Crippen molar-refractivity contribution < 1.29 is 4.42 Å². The van der Waals surface area contributed by atoms with Crippen LogP contribution in [0.1, 0.15) is 48.8 Å². The first-order chi connectivity index (χ1) is 11.6. The summed E-state index contributed by atoms with van der Waals surface area (Å²) in [5.74, 6) is 1.81. The van der Waals surface area contributed by atoms with Crippen molar-refractivity contribution in [2.45, 2.75) is 52.5 Å². The third-order valence-electron chi connectivity index (χ3n) is 6.29. The van der Waals surface area contributed by atoms with Gasteiger partial charge in [-0.2, -0.15) is 0 Å². The van der Waals surface area contributed by atoms with Crippen LogP contribution in [0.25, 0.3) is 11.0 Å². The van der Waals surface area contributed by atoms with Gasteiger partial charge in [-0.25, -0.2) is 4.79 Å². The zero-order valence-electron chi connectivity index (χ0n) is 14.8. The summed E-state index contributed by atoms with van der Waals surface area (Å²) in [6.45, 7) is 7.33. The number of aryl methyl sites for hydroxylation is 2. The second kappa shape index (κ2) is 6.36. The Morgan fingerprint density at radius 1 is 1.12 bits per heavy atom. The van der Waals surface area contributed by atoms with Crippen LogP contribution in [0.3, 0.4) is 0 Å². The highest BCUT2D eigenvalue weighted by molar-refractivity contribution is 5.83. The van der Waals surface area contributed by atoms with E-state index in [1.165, 1.54) is 44.2 Å². The Morgan fingerprint density at radius 2 is 1.92 bits per heavy atom. The molecule has 0 unspecified atom stereocenters. The molecular formula is C21H27NO2. The standard InChI is InChI=1S/C21H27NO2/c1-14-7-8-19-18(11-20(23)24-21(19)15(14)2)13-22-10-9-16-5-3-4-6-17(16)12-22/h7-8,11,16-17H,3-6,9-10,12-13H2,1-2H3/t16-,17+/m0/s1. The SMILES string of the molecule is Cc1ccc2c(CN3CC[C@@H]4CCCC[C@@H]4C3)cc(=O)oc2c1C. The molecule has 1 saturated heterocycles. The van der Waals surface area contributed by atoms with Gasteiger partial charge in [-0.1, -0.05) is 31.4 Å². The van der Waals surface area contributed by atoms with Crippen molar-refractivity contribution in [3.63, 3.8) is 0 Å². The first kappa shape index (κ1) is 15.9. The van der Waals surface area contributed by atoms with Crippen LogP contribution in [-0.4, -0.2) is 18.0 Å². The van der Waals surface area contributed by atoms with Crippen LogP contribution in [-0.2, 0) is 6.54 Å². The average Bonchev–Trinajstić information content (AvgIpc) is 2.58. The molecule has 0 radical (unpaired) electrons. The summed E-state index contributed by atoms with van der Waals surface area (Å²) in [6, 6.07) is 5.95. The highest BCUT2D eigenvalue weighted by atomic mass is 16.4. The molecule has 1 aromatic heterocycles. The maximum absolute atomic E-state index is 12.1. The van der Waals surface area contributed by atoms with Crippen LogP contribution in [0.2, 0.25) is 0 Å². The zero-order valence-corrected chi connectivity index (χ0v) is 14.8.